The van der Waals surface area contributed by atoms with Crippen LogP contribution in [0.4, 0.5) is 23.2 Å². The number of aliphatic hydroxyl groups excluding tert-OH is 1. The van der Waals surface area contributed by atoms with Crippen LogP contribution >= 0.6 is 0 Å². The van der Waals surface area contributed by atoms with E-state index in [2.05, 4.69) is 15.4 Å². The van der Waals surface area contributed by atoms with Gasteiger partial charge in [0.15, 0.2) is 0 Å². The molecule has 3 aromatic rings. The molecule has 1 aliphatic heterocycles. The minimum absolute atomic E-state index is 0.191. The molecule has 0 bridgehead atoms. The lowest BCUT2D eigenvalue weighted by atomic mass is 10.0. The topological polar surface area (TPSA) is 125 Å². The molecular weight excluding hydrogens is 498 g/mol. The average Bonchev–Trinajstić information content (AvgIpc) is 3.13. The predicted octanol–water partition coefficient (Wildman–Crippen LogP) is 3.04. The zero-order chi connectivity index (χ0) is 26.7. The molecule has 13 heteroatoms. The standard InChI is InChI=1S/C24H25F4N5O4/c1-33-23(20-5-3-17(29)16(28)11-37-20)19(10-30-33)32-24(35)18-4-2-13(25)22(31-18)21-14(26)8-12(9-15(21)27)36-7-6-34/h2,4,8-10,16-17,20,34H,3,5-7,11,29H2,1H3,(H,32,35)/t16-,17-,20+/m1/s1. The monoisotopic (exact) mass is 523 g/mol. The van der Waals surface area contributed by atoms with Gasteiger partial charge in [0.05, 0.1) is 36.4 Å². The first-order chi connectivity index (χ1) is 17.7. The summed E-state index contributed by atoms with van der Waals surface area (Å²) in [5.74, 6) is -4.38. The first kappa shape index (κ1) is 26.5. The predicted molar refractivity (Wildman–Crippen MR) is 124 cm³/mol. The highest BCUT2D eigenvalue weighted by Gasteiger charge is 2.30. The number of rotatable bonds is 7. The molecule has 1 aromatic carbocycles. The van der Waals surface area contributed by atoms with E-state index in [4.69, 9.17) is 20.3 Å². The third kappa shape index (κ3) is 5.73. The highest BCUT2D eigenvalue weighted by Crippen LogP contribution is 2.33. The lowest BCUT2D eigenvalue weighted by molar-refractivity contribution is 0.0247. The summed E-state index contributed by atoms with van der Waals surface area (Å²) in [6.45, 7) is -0.772. The number of alkyl halides is 1. The average molecular weight is 523 g/mol. The molecule has 0 saturated carbocycles. The molecule has 0 unspecified atom stereocenters. The lowest BCUT2D eigenvalue weighted by Gasteiger charge is -2.18. The molecule has 37 heavy (non-hydrogen) atoms. The quantitative estimate of drug-likeness (QED) is 0.407. The van der Waals surface area contributed by atoms with Crippen molar-refractivity contribution in [3.63, 3.8) is 0 Å². The molecule has 4 N–H and O–H groups in total. The number of hydrogen-bond acceptors (Lipinski definition) is 7. The van der Waals surface area contributed by atoms with Gasteiger partial charge in [-0.3, -0.25) is 9.48 Å². The van der Waals surface area contributed by atoms with Gasteiger partial charge >= 0.3 is 0 Å². The van der Waals surface area contributed by atoms with Crippen LogP contribution in [-0.4, -0.2) is 57.8 Å². The molecule has 0 aliphatic carbocycles. The molecule has 3 atom stereocenters. The van der Waals surface area contributed by atoms with Crippen LogP contribution in [0.15, 0.2) is 30.5 Å². The Kier molecular flexibility index (Phi) is 8.05. The van der Waals surface area contributed by atoms with Crippen LogP contribution in [0.2, 0.25) is 0 Å². The molecule has 0 spiro atoms. The Balaban J connectivity index is 1.60. The number of nitrogens with two attached hydrogens (primary N) is 1. The van der Waals surface area contributed by atoms with Gasteiger partial charge in [-0.1, -0.05) is 0 Å². The van der Waals surface area contributed by atoms with E-state index in [0.29, 0.717) is 18.5 Å². The van der Waals surface area contributed by atoms with E-state index in [1.807, 2.05) is 0 Å². The fourth-order valence-corrected chi connectivity index (χ4v) is 4.03. The van der Waals surface area contributed by atoms with E-state index >= 15 is 0 Å². The summed E-state index contributed by atoms with van der Waals surface area (Å²) >= 11 is 0. The zero-order valence-electron chi connectivity index (χ0n) is 19.8. The normalized spacial score (nSPS) is 19.9. The maximum atomic E-state index is 14.7. The van der Waals surface area contributed by atoms with Gasteiger partial charge < -0.3 is 25.6 Å². The van der Waals surface area contributed by atoms with Gasteiger partial charge in [-0.25, -0.2) is 22.5 Å². The molecule has 4 rings (SSSR count). The molecule has 3 heterocycles. The number of benzene rings is 1. The third-order valence-corrected chi connectivity index (χ3v) is 5.91. The van der Waals surface area contributed by atoms with Crippen molar-refractivity contribution in [3.05, 3.63) is 59.3 Å². The van der Waals surface area contributed by atoms with Crippen molar-refractivity contribution in [1.82, 2.24) is 14.8 Å². The van der Waals surface area contributed by atoms with Crippen molar-refractivity contribution in [3.8, 4) is 17.0 Å². The summed E-state index contributed by atoms with van der Waals surface area (Å²) in [7, 11) is 1.62. The van der Waals surface area contributed by atoms with E-state index in [1.165, 1.54) is 10.9 Å². The second kappa shape index (κ2) is 11.2. The molecule has 1 saturated heterocycles. The number of amides is 1. The second-order valence-electron chi connectivity index (χ2n) is 8.46. The summed E-state index contributed by atoms with van der Waals surface area (Å²) < 4.78 is 70.0. The molecule has 2 aromatic heterocycles. The van der Waals surface area contributed by atoms with Crippen LogP contribution in [0.1, 0.15) is 35.1 Å². The first-order valence-corrected chi connectivity index (χ1v) is 11.4. The van der Waals surface area contributed by atoms with Crippen LogP contribution in [-0.2, 0) is 11.8 Å². The van der Waals surface area contributed by atoms with E-state index in [1.54, 1.807) is 7.05 Å². The van der Waals surface area contributed by atoms with Crippen LogP contribution in [0, 0.1) is 17.5 Å². The Hall–Kier alpha value is -3.55. The molecule has 1 aliphatic rings. The largest absolute Gasteiger partial charge is 0.491 e. The van der Waals surface area contributed by atoms with Gasteiger partial charge in [0.2, 0.25) is 0 Å². The zero-order valence-corrected chi connectivity index (χ0v) is 19.8. The van der Waals surface area contributed by atoms with E-state index in [9.17, 15) is 22.4 Å². The Morgan fingerprint density at radius 1 is 1.24 bits per heavy atom. The number of aryl methyl sites for hydroxylation is 1. The minimum atomic E-state index is -1.32. The number of carbonyl (C=O) groups excluding carboxylic acids is 1. The number of aliphatic hydroxyl groups is 1. The van der Waals surface area contributed by atoms with E-state index in [-0.39, 0.29) is 37.0 Å². The Bertz CT molecular complexity index is 1250. The van der Waals surface area contributed by atoms with Crippen molar-refractivity contribution in [2.45, 2.75) is 31.2 Å². The number of anilines is 1. The van der Waals surface area contributed by atoms with Gasteiger partial charge in [0, 0.05) is 25.2 Å². The van der Waals surface area contributed by atoms with Gasteiger partial charge in [-0.15, -0.1) is 0 Å². The molecule has 9 nitrogen and oxygen atoms in total. The van der Waals surface area contributed by atoms with Gasteiger partial charge in [-0.2, -0.15) is 5.10 Å². The maximum absolute atomic E-state index is 14.7. The molecule has 198 valence electrons. The van der Waals surface area contributed by atoms with Gasteiger partial charge in [-0.05, 0) is 25.0 Å². The Morgan fingerprint density at radius 2 is 1.97 bits per heavy atom. The summed E-state index contributed by atoms with van der Waals surface area (Å²) in [4.78, 5) is 16.8. The molecule has 1 fully saturated rings. The van der Waals surface area contributed by atoms with Crippen molar-refractivity contribution >= 4 is 11.6 Å². The van der Waals surface area contributed by atoms with Crippen LogP contribution in [0.5, 0.6) is 5.75 Å². The second-order valence-corrected chi connectivity index (χ2v) is 8.46. The first-order valence-electron chi connectivity index (χ1n) is 11.4. The molecule has 1 amide bonds. The van der Waals surface area contributed by atoms with Gasteiger partial charge in [0.1, 0.15) is 53.5 Å². The van der Waals surface area contributed by atoms with Gasteiger partial charge in [0.25, 0.3) is 5.91 Å². The van der Waals surface area contributed by atoms with E-state index < -0.39 is 52.9 Å². The fourth-order valence-electron chi connectivity index (χ4n) is 4.03. The summed E-state index contributed by atoms with van der Waals surface area (Å²) in [5, 5.41) is 15.5. The number of ether oxygens (including phenoxy) is 2. The Morgan fingerprint density at radius 3 is 2.68 bits per heavy atom. The minimum Gasteiger partial charge on any atom is -0.491 e. The molecule has 0 radical (unpaired) electrons. The third-order valence-electron chi connectivity index (χ3n) is 5.91. The number of nitrogens with zero attached hydrogens (tertiary/aromatic N) is 3. The Labute approximate surface area is 209 Å². The summed E-state index contributed by atoms with van der Waals surface area (Å²) in [6, 6.07) is 2.91. The van der Waals surface area contributed by atoms with Crippen molar-refractivity contribution in [2.24, 2.45) is 12.8 Å². The van der Waals surface area contributed by atoms with Crippen molar-refractivity contribution in [2.75, 3.05) is 25.1 Å². The lowest BCUT2D eigenvalue weighted by Crippen LogP contribution is -2.32. The van der Waals surface area contributed by atoms with E-state index in [0.717, 1.165) is 24.3 Å². The number of nitrogens with one attached hydrogen (secondary N) is 1. The number of carbonyl (C=O) groups is 1. The van der Waals surface area contributed by atoms with Crippen LogP contribution in [0.3, 0.4) is 0 Å². The highest BCUT2D eigenvalue weighted by molar-refractivity contribution is 6.03. The maximum Gasteiger partial charge on any atom is 0.274 e. The number of aromatic nitrogens is 3. The fraction of sp³-hybridized carbons (Fsp3) is 0.375. The highest BCUT2D eigenvalue weighted by atomic mass is 19.1. The summed E-state index contributed by atoms with van der Waals surface area (Å²) in [5.41, 5.74) is 4.70. The summed E-state index contributed by atoms with van der Waals surface area (Å²) in [6.07, 6.45) is 0.187. The number of hydrogen-bond donors (Lipinski definition) is 3. The number of halogens is 4. The van der Waals surface area contributed by atoms with Crippen LogP contribution in [0.25, 0.3) is 11.3 Å². The van der Waals surface area contributed by atoms with Crippen molar-refractivity contribution in [1.29, 1.82) is 0 Å². The van der Waals surface area contributed by atoms with Crippen LogP contribution < -0.4 is 15.8 Å². The molecular formula is C24H25F4N5O4. The van der Waals surface area contributed by atoms with Crippen molar-refractivity contribution < 1.29 is 36.9 Å². The number of pyridine rings is 1. The SMILES string of the molecule is Cn1ncc(NC(=O)c2ccc(F)c(-c3c(F)cc(OCCO)cc3F)n2)c1[C@@H]1CC[C@@H](N)[C@H](F)CO1. The smallest absolute Gasteiger partial charge is 0.274 e.